The Bertz CT molecular complexity index is 775. The molecule has 0 saturated heterocycles. The highest BCUT2D eigenvalue weighted by molar-refractivity contribution is 7.85. The maximum Gasteiger partial charge on any atom is 0.124 e. The summed E-state index contributed by atoms with van der Waals surface area (Å²) >= 11 is 0. The van der Waals surface area contributed by atoms with E-state index in [1.165, 1.54) is 115 Å². The van der Waals surface area contributed by atoms with E-state index in [1.54, 1.807) is 12.1 Å². The Kier molecular flexibility index (Phi) is 20.5. The van der Waals surface area contributed by atoms with E-state index in [-0.39, 0.29) is 16.5 Å². The first kappa shape index (κ1) is 36.1. The molecule has 0 saturated carbocycles. The van der Waals surface area contributed by atoms with E-state index in [9.17, 15) is 13.0 Å². The van der Waals surface area contributed by atoms with Crippen LogP contribution in [0.4, 0.5) is 0 Å². The number of unbranched alkanes of at least 4 members (excludes halogenated alkanes) is 15. The lowest BCUT2D eigenvalue weighted by molar-refractivity contribution is 0.359. The van der Waals surface area contributed by atoms with Crippen LogP contribution in [0.2, 0.25) is 0 Å². The summed E-state index contributed by atoms with van der Waals surface area (Å²) in [7, 11) is -4.44. The van der Waals surface area contributed by atoms with Gasteiger partial charge in [-0.25, -0.2) is 8.42 Å². The van der Waals surface area contributed by atoms with Crippen molar-refractivity contribution >= 4 is 10.1 Å². The zero-order valence-electron chi connectivity index (χ0n) is 25.2. The van der Waals surface area contributed by atoms with E-state index in [0.29, 0.717) is 0 Å². The Labute approximate surface area is 231 Å². The third-order valence-corrected chi connectivity index (χ3v) is 8.81. The van der Waals surface area contributed by atoms with Crippen molar-refractivity contribution in [2.24, 2.45) is 0 Å². The number of aryl methyl sites for hydroxylation is 1. The van der Waals surface area contributed by atoms with Gasteiger partial charge in [-0.15, -0.1) is 0 Å². The van der Waals surface area contributed by atoms with Crippen molar-refractivity contribution in [1.29, 1.82) is 0 Å². The first-order valence-corrected chi connectivity index (χ1v) is 16.8. The average molecular weight is 540 g/mol. The molecule has 0 atom stereocenters. The molecule has 0 aliphatic carbocycles. The number of benzene rings is 1. The largest absolute Gasteiger partial charge is 0.744 e. The molecule has 5 heteroatoms. The molecule has 37 heavy (non-hydrogen) atoms. The van der Waals surface area contributed by atoms with E-state index >= 15 is 0 Å². The fraction of sp³-hybridized carbons (Fsp3) is 0.812. The van der Waals surface area contributed by atoms with Crippen LogP contribution in [0.3, 0.4) is 0 Å². The molecule has 0 amide bonds. The van der Waals surface area contributed by atoms with Crippen molar-refractivity contribution in [3.63, 3.8) is 0 Å². The number of hydrogen-bond donors (Lipinski definition) is 1. The average Bonchev–Trinajstić information content (AvgIpc) is 2.85. The van der Waals surface area contributed by atoms with Crippen molar-refractivity contribution in [3.8, 4) is 0 Å². The Morgan fingerprint density at radius 3 is 1.49 bits per heavy atom. The highest BCUT2D eigenvalue weighted by atomic mass is 32.2. The topological polar surface area (TPSA) is 93.7 Å². The molecule has 0 radical (unpaired) electrons. The van der Waals surface area contributed by atoms with Gasteiger partial charge in [0.1, 0.15) is 10.1 Å². The van der Waals surface area contributed by atoms with Crippen LogP contribution in [0.5, 0.6) is 0 Å². The zero-order valence-corrected chi connectivity index (χ0v) is 26.0. The molecule has 0 aliphatic rings. The minimum Gasteiger partial charge on any atom is -0.744 e. The molecule has 0 unspecified atom stereocenters. The summed E-state index contributed by atoms with van der Waals surface area (Å²) < 4.78 is 35.5. The molecule has 0 fully saturated rings. The normalized spacial score (nSPS) is 12.0. The van der Waals surface area contributed by atoms with E-state index in [1.807, 2.05) is 6.07 Å². The summed E-state index contributed by atoms with van der Waals surface area (Å²) in [4.78, 5) is -0.0614. The summed E-state index contributed by atoms with van der Waals surface area (Å²) in [5.41, 5.74) is 2.44. The van der Waals surface area contributed by atoms with Crippen molar-refractivity contribution in [2.75, 3.05) is 0 Å². The van der Waals surface area contributed by atoms with Crippen molar-refractivity contribution < 1.29 is 13.0 Å². The molecular formula is C32H61NO3S. The standard InChI is InChI=1S/C32H58O3S.H3N/c1-5-8-11-14-17-20-23-29-28-30(36(33,34)35)24-25-31(29)32(4,26-21-18-15-12-9-6-2)27-22-19-16-13-10-7-3;/h24-25,28H,5-23,26-27H2,1-4H3,(H,33,34,35);1H3. The Hall–Kier alpha value is -0.910. The summed E-state index contributed by atoms with van der Waals surface area (Å²) in [5, 5.41) is 0. The van der Waals surface area contributed by atoms with Gasteiger partial charge in [0, 0.05) is 0 Å². The van der Waals surface area contributed by atoms with E-state index in [2.05, 4.69) is 27.7 Å². The first-order chi connectivity index (χ1) is 17.3. The fourth-order valence-electron chi connectivity index (χ4n) is 5.60. The lowest BCUT2D eigenvalue weighted by atomic mass is 9.72. The first-order valence-electron chi connectivity index (χ1n) is 15.4. The SMILES string of the molecule is CCCCCCCCc1cc(S(=O)(=O)[O-])ccc1C(C)(CCCCCCCC)CCCCCCCC.[NH4+]. The highest BCUT2D eigenvalue weighted by Gasteiger charge is 2.28. The Morgan fingerprint density at radius 1 is 0.649 bits per heavy atom. The monoisotopic (exact) mass is 539 g/mol. The number of rotatable bonds is 23. The molecule has 0 aliphatic heterocycles. The second-order valence-corrected chi connectivity index (χ2v) is 12.8. The molecular weight excluding hydrogens is 478 g/mol. The van der Waals surface area contributed by atoms with Gasteiger partial charge in [0.05, 0.1) is 4.90 Å². The van der Waals surface area contributed by atoms with Gasteiger partial charge in [0.15, 0.2) is 0 Å². The number of quaternary nitrogens is 1. The van der Waals surface area contributed by atoms with Crippen LogP contribution in [-0.4, -0.2) is 13.0 Å². The third-order valence-electron chi connectivity index (χ3n) is 7.98. The Morgan fingerprint density at radius 2 is 1.05 bits per heavy atom. The van der Waals surface area contributed by atoms with E-state index in [4.69, 9.17) is 0 Å². The van der Waals surface area contributed by atoms with Crippen molar-refractivity contribution in [2.45, 2.75) is 173 Å². The van der Waals surface area contributed by atoms with Gasteiger partial charge in [-0.05, 0) is 54.4 Å². The van der Waals surface area contributed by atoms with Gasteiger partial charge in [0.25, 0.3) is 0 Å². The minimum absolute atomic E-state index is 0. The lowest BCUT2D eigenvalue weighted by Gasteiger charge is -2.33. The molecule has 0 heterocycles. The summed E-state index contributed by atoms with van der Waals surface area (Å²) in [6.45, 7) is 9.15. The smallest absolute Gasteiger partial charge is 0.124 e. The van der Waals surface area contributed by atoms with Crippen LogP contribution in [0.15, 0.2) is 23.1 Å². The molecule has 0 aromatic heterocycles. The summed E-state index contributed by atoms with van der Waals surface area (Å²) in [6.07, 6.45) is 25.8. The van der Waals surface area contributed by atoms with Crippen LogP contribution in [0.25, 0.3) is 0 Å². The van der Waals surface area contributed by atoms with Gasteiger partial charge in [-0.1, -0.05) is 143 Å². The predicted octanol–water partition coefficient (Wildman–Crippen LogP) is 10.6. The maximum absolute atomic E-state index is 11.8. The van der Waals surface area contributed by atoms with Gasteiger partial charge in [0.2, 0.25) is 0 Å². The second-order valence-electron chi connectivity index (χ2n) is 11.4. The molecule has 218 valence electrons. The van der Waals surface area contributed by atoms with Crippen LogP contribution >= 0.6 is 0 Å². The molecule has 1 aromatic carbocycles. The molecule has 0 spiro atoms. The third kappa shape index (κ3) is 15.3. The van der Waals surface area contributed by atoms with Gasteiger partial charge in [-0.2, -0.15) is 0 Å². The van der Waals surface area contributed by atoms with Crippen molar-refractivity contribution in [1.82, 2.24) is 6.15 Å². The summed E-state index contributed by atoms with van der Waals surface area (Å²) in [5.74, 6) is 0. The predicted molar refractivity (Wildman–Crippen MR) is 161 cm³/mol. The minimum atomic E-state index is -4.44. The van der Waals surface area contributed by atoms with Gasteiger partial charge in [-0.3, -0.25) is 0 Å². The van der Waals surface area contributed by atoms with Crippen molar-refractivity contribution in [3.05, 3.63) is 29.3 Å². The molecule has 1 aromatic rings. The van der Waals surface area contributed by atoms with Crippen LogP contribution in [0.1, 0.15) is 167 Å². The molecule has 0 bridgehead atoms. The second kappa shape index (κ2) is 21.0. The molecule has 4 nitrogen and oxygen atoms in total. The van der Waals surface area contributed by atoms with Gasteiger partial charge >= 0.3 is 0 Å². The fourth-order valence-corrected chi connectivity index (χ4v) is 6.12. The summed E-state index contributed by atoms with van der Waals surface area (Å²) in [6, 6.07) is 5.28. The van der Waals surface area contributed by atoms with Gasteiger partial charge < -0.3 is 10.7 Å². The van der Waals surface area contributed by atoms with E-state index in [0.717, 1.165) is 31.2 Å². The van der Waals surface area contributed by atoms with Crippen LogP contribution in [-0.2, 0) is 22.0 Å². The Balaban J connectivity index is 0.0000130. The quantitative estimate of drug-likeness (QED) is 0.111. The highest BCUT2D eigenvalue weighted by Crippen LogP contribution is 2.39. The lowest BCUT2D eigenvalue weighted by Crippen LogP contribution is -2.24. The zero-order chi connectivity index (χ0) is 26.7. The van der Waals surface area contributed by atoms with Crippen LogP contribution in [0, 0.1) is 0 Å². The van der Waals surface area contributed by atoms with E-state index < -0.39 is 10.1 Å². The maximum atomic E-state index is 11.8. The van der Waals surface area contributed by atoms with Crippen LogP contribution < -0.4 is 6.15 Å². The molecule has 4 N–H and O–H groups in total. The number of hydrogen-bond acceptors (Lipinski definition) is 3. The molecule has 1 rings (SSSR count).